The minimum absolute atomic E-state index is 0.111. The molecular formula is C31H31FN2O2. The zero-order valence-electron chi connectivity index (χ0n) is 20.8. The van der Waals surface area contributed by atoms with Crippen molar-refractivity contribution in [1.29, 1.82) is 0 Å². The largest absolute Gasteiger partial charge is 0.497 e. The van der Waals surface area contributed by atoms with E-state index in [9.17, 15) is 9.18 Å². The molecule has 3 aromatic carbocycles. The molecule has 6 rings (SSSR count). The molecule has 2 aliphatic carbocycles. The third kappa shape index (κ3) is 4.06. The Bertz CT molecular complexity index is 1420. The van der Waals surface area contributed by atoms with Gasteiger partial charge in [0, 0.05) is 24.2 Å². The number of ether oxygens (including phenoxy) is 1. The standard InChI is InChI=1S/C31H31FN2O2/c1-20-15-31(16-20)17-24(18-31)33-30(35)27-10-11-28(32)26-12-13-34(29(26)27)19-21-6-8-22(9-7-21)23-4-3-5-25(14-23)36-2/h3-14,20,24H,15-19H2,1-2H3,(H,33,35). The molecule has 0 saturated heterocycles. The molecule has 0 bridgehead atoms. The molecular weight excluding hydrogens is 451 g/mol. The second kappa shape index (κ2) is 8.81. The maximum atomic E-state index is 14.7. The Kier molecular flexibility index (Phi) is 5.59. The summed E-state index contributed by atoms with van der Waals surface area (Å²) in [5.74, 6) is 1.22. The predicted octanol–water partition coefficient (Wildman–Crippen LogP) is 6.81. The van der Waals surface area contributed by atoms with E-state index in [-0.39, 0.29) is 17.8 Å². The van der Waals surface area contributed by atoms with Gasteiger partial charge in [-0.1, -0.05) is 43.3 Å². The topological polar surface area (TPSA) is 43.3 Å². The fourth-order valence-corrected chi connectivity index (χ4v) is 6.51. The number of hydrogen-bond donors (Lipinski definition) is 1. The summed E-state index contributed by atoms with van der Waals surface area (Å²) in [5, 5.41) is 3.69. The highest BCUT2D eigenvalue weighted by molar-refractivity contribution is 6.06. The lowest BCUT2D eigenvalue weighted by Crippen LogP contribution is -2.55. The maximum absolute atomic E-state index is 14.7. The number of amides is 1. The van der Waals surface area contributed by atoms with Crippen LogP contribution in [0, 0.1) is 17.2 Å². The lowest BCUT2D eigenvalue weighted by atomic mass is 9.50. The fraction of sp³-hybridized carbons (Fsp3) is 0.323. The normalized spacial score (nSPS) is 22.8. The highest BCUT2D eigenvalue weighted by Crippen LogP contribution is 2.58. The number of benzene rings is 3. The van der Waals surface area contributed by atoms with Gasteiger partial charge in [-0.3, -0.25) is 4.79 Å². The number of fused-ring (bicyclic) bond motifs is 1. The van der Waals surface area contributed by atoms with Crippen molar-refractivity contribution in [3.8, 4) is 16.9 Å². The molecule has 1 heterocycles. The Morgan fingerprint density at radius 1 is 1.03 bits per heavy atom. The van der Waals surface area contributed by atoms with E-state index in [0.29, 0.717) is 28.4 Å². The van der Waals surface area contributed by atoms with Gasteiger partial charge in [-0.25, -0.2) is 4.39 Å². The van der Waals surface area contributed by atoms with E-state index in [1.165, 1.54) is 18.9 Å². The summed E-state index contributed by atoms with van der Waals surface area (Å²) in [6.07, 6.45) is 6.55. The molecule has 4 aromatic rings. The van der Waals surface area contributed by atoms with Crippen molar-refractivity contribution in [2.24, 2.45) is 11.3 Å². The minimum Gasteiger partial charge on any atom is -0.497 e. The van der Waals surface area contributed by atoms with Crippen molar-refractivity contribution < 1.29 is 13.9 Å². The number of carbonyl (C=O) groups excluding carboxylic acids is 1. The first-order valence-electron chi connectivity index (χ1n) is 12.7. The van der Waals surface area contributed by atoms with Gasteiger partial charge in [0.2, 0.25) is 0 Å². The van der Waals surface area contributed by atoms with Gasteiger partial charge < -0.3 is 14.6 Å². The maximum Gasteiger partial charge on any atom is 0.253 e. The van der Waals surface area contributed by atoms with E-state index >= 15 is 0 Å². The van der Waals surface area contributed by atoms with Crippen molar-refractivity contribution >= 4 is 16.8 Å². The molecule has 2 fully saturated rings. The Morgan fingerprint density at radius 2 is 1.81 bits per heavy atom. The number of hydrogen-bond acceptors (Lipinski definition) is 2. The van der Waals surface area contributed by atoms with E-state index in [4.69, 9.17) is 4.74 Å². The first-order chi connectivity index (χ1) is 17.4. The van der Waals surface area contributed by atoms with Gasteiger partial charge in [0.1, 0.15) is 11.6 Å². The van der Waals surface area contributed by atoms with Crippen LogP contribution < -0.4 is 10.1 Å². The van der Waals surface area contributed by atoms with E-state index in [2.05, 4.69) is 42.6 Å². The van der Waals surface area contributed by atoms with Gasteiger partial charge >= 0.3 is 0 Å². The molecule has 1 N–H and O–H groups in total. The highest BCUT2D eigenvalue weighted by atomic mass is 19.1. The van der Waals surface area contributed by atoms with Crippen molar-refractivity contribution in [3.63, 3.8) is 0 Å². The van der Waals surface area contributed by atoms with E-state index in [0.717, 1.165) is 41.2 Å². The van der Waals surface area contributed by atoms with Crippen LogP contribution in [-0.4, -0.2) is 23.6 Å². The Balaban J connectivity index is 1.22. The average molecular weight is 483 g/mol. The van der Waals surface area contributed by atoms with Crippen LogP contribution in [0.1, 0.15) is 48.5 Å². The van der Waals surface area contributed by atoms with E-state index < -0.39 is 0 Å². The molecule has 1 aromatic heterocycles. The van der Waals surface area contributed by atoms with Gasteiger partial charge in [-0.05, 0) is 84.0 Å². The monoisotopic (exact) mass is 482 g/mol. The lowest BCUT2D eigenvalue weighted by molar-refractivity contribution is -0.0399. The Labute approximate surface area is 211 Å². The number of methoxy groups -OCH3 is 1. The van der Waals surface area contributed by atoms with Crippen LogP contribution in [0.2, 0.25) is 0 Å². The highest BCUT2D eigenvalue weighted by Gasteiger charge is 2.51. The summed E-state index contributed by atoms with van der Waals surface area (Å²) < 4.78 is 22.0. The molecule has 0 radical (unpaired) electrons. The lowest BCUT2D eigenvalue weighted by Gasteiger charge is -2.57. The minimum atomic E-state index is -0.306. The molecule has 0 atom stereocenters. The first kappa shape index (κ1) is 22.8. The van der Waals surface area contributed by atoms with Crippen LogP contribution in [-0.2, 0) is 6.54 Å². The number of nitrogens with zero attached hydrogens (tertiary/aromatic N) is 1. The van der Waals surface area contributed by atoms with Crippen molar-refractivity contribution in [2.45, 2.75) is 45.2 Å². The number of halogens is 1. The molecule has 4 nitrogen and oxygen atoms in total. The van der Waals surface area contributed by atoms with Crippen molar-refractivity contribution in [1.82, 2.24) is 9.88 Å². The zero-order chi connectivity index (χ0) is 24.9. The van der Waals surface area contributed by atoms with Gasteiger partial charge in [-0.15, -0.1) is 0 Å². The smallest absolute Gasteiger partial charge is 0.253 e. The van der Waals surface area contributed by atoms with E-state index in [1.54, 1.807) is 19.2 Å². The van der Waals surface area contributed by atoms with Gasteiger partial charge in [0.25, 0.3) is 5.91 Å². The molecule has 2 aliphatic rings. The SMILES string of the molecule is COc1cccc(-c2ccc(Cn3ccc4c(F)ccc(C(=O)NC5CC6(CC(C)C6)C5)c43)cc2)c1. The van der Waals surface area contributed by atoms with Crippen molar-refractivity contribution in [2.75, 3.05) is 7.11 Å². The summed E-state index contributed by atoms with van der Waals surface area (Å²) >= 11 is 0. The molecule has 2 saturated carbocycles. The summed E-state index contributed by atoms with van der Waals surface area (Å²) in [6, 6.07) is 21.3. The molecule has 36 heavy (non-hydrogen) atoms. The van der Waals surface area contributed by atoms with Crippen LogP contribution in [0.15, 0.2) is 72.9 Å². The molecule has 0 unspecified atom stereocenters. The van der Waals surface area contributed by atoms with Gasteiger partial charge in [0.15, 0.2) is 0 Å². The zero-order valence-corrected chi connectivity index (χ0v) is 20.8. The third-order valence-electron chi connectivity index (χ3n) is 8.08. The molecule has 1 spiro atoms. The number of nitrogens with one attached hydrogen (secondary N) is 1. The van der Waals surface area contributed by atoms with Crippen LogP contribution in [0.4, 0.5) is 4.39 Å². The Hall–Kier alpha value is -3.60. The second-order valence-corrected chi connectivity index (χ2v) is 10.8. The van der Waals surface area contributed by atoms with Gasteiger partial charge in [0.05, 0.1) is 18.2 Å². The van der Waals surface area contributed by atoms with E-state index in [1.807, 2.05) is 29.0 Å². The second-order valence-electron chi connectivity index (χ2n) is 10.8. The number of rotatable bonds is 6. The predicted molar refractivity (Wildman–Crippen MR) is 141 cm³/mol. The average Bonchev–Trinajstić information content (AvgIpc) is 3.27. The molecule has 0 aliphatic heterocycles. The van der Waals surface area contributed by atoms with Gasteiger partial charge in [-0.2, -0.15) is 0 Å². The summed E-state index contributed by atoms with van der Waals surface area (Å²) in [7, 11) is 1.67. The van der Waals surface area contributed by atoms with Crippen LogP contribution in [0.5, 0.6) is 5.75 Å². The first-order valence-corrected chi connectivity index (χ1v) is 12.7. The van der Waals surface area contributed by atoms with Crippen LogP contribution in [0.3, 0.4) is 0 Å². The van der Waals surface area contributed by atoms with Crippen LogP contribution in [0.25, 0.3) is 22.0 Å². The molecule has 5 heteroatoms. The Morgan fingerprint density at radius 3 is 2.53 bits per heavy atom. The molecule has 1 amide bonds. The fourth-order valence-electron chi connectivity index (χ4n) is 6.51. The molecule has 184 valence electrons. The summed E-state index contributed by atoms with van der Waals surface area (Å²) in [4.78, 5) is 13.3. The van der Waals surface area contributed by atoms with Crippen LogP contribution >= 0.6 is 0 Å². The quantitative estimate of drug-likeness (QED) is 0.328. The summed E-state index contributed by atoms with van der Waals surface area (Å²) in [5.41, 5.74) is 4.91. The number of carbonyl (C=O) groups is 1. The van der Waals surface area contributed by atoms with Crippen molar-refractivity contribution in [3.05, 3.63) is 89.9 Å². The number of aromatic nitrogens is 1. The third-order valence-corrected chi connectivity index (χ3v) is 8.08. The summed E-state index contributed by atoms with van der Waals surface area (Å²) in [6.45, 7) is 2.85.